The minimum Gasteiger partial charge on any atom is -0.481 e. The Kier molecular flexibility index (Phi) is 3.05. The molecule has 3 nitrogen and oxygen atoms in total. The van der Waals surface area contributed by atoms with Crippen LogP contribution in [0, 0.1) is 0 Å². The van der Waals surface area contributed by atoms with E-state index in [2.05, 4.69) is 0 Å². The van der Waals surface area contributed by atoms with Gasteiger partial charge in [0.15, 0.2) is 0 Å². The second-order valence-corrected chi connectivity index (χ2v) is 3.60. The SMILES string of the molecule is O=C(O)CCc1ccc(-c2ccoc2)cc1. The molecule has 0 aliphatic rings. The van der Waals surface area contributed by atoms with Crippen molar-refractivity contribution in [1.82, 2.24) is 0 Å². The third-order valence-corrected chi connectivity index (χ3v) is 2.44. The van der Waals surface area contributed by atoms with E-state index in [0.29, 0.717) is 6.42 Å². The fourth-order valence-corrected chi connectivity index (χ4v) is 1.54. The highest BCUT2D eigenvalue weighted by molar-refractivity contribution is 5.67. The molecule has 0 amide bonds. The molecule has 0 spiro atoms. The van der Waals surface area contributed by atoms with Crippen LogP contribution in [0.5, 0.6) is 0 Å². The van der Waals surface area contributed by atoms with Crippen LogP contribution in [0.4, 0.5) is 0 Å². The second-order valence-electron chi connectivity index (χ2n) is 3.60. The molecule has 0 aliphatic heterocycles. The van der Waals surface area contributed by atoms with Gasteiger partial charge in [0.1, 0.15) is 0 Å². The van der Waals surface area contributed by atoms with Crippen LogP contribution in [0.15, 0.2) is 47.3 Å². The number of benzene rings is 1. The largest absolute Gasteiger partial charge is 0.481 e. The van der Waals surface area contributed by atoms with Crippen LogP contribution in [0.25, 0.3) is 11.1 Å². The van der Waals surface area contributed by atoms with E-state index in [0.717, 1.165) is 16.7 Å². The van der Waals surface area contributed by atoms with Crippen LogP contribution in [0.2, 0.25) is 0 Å². The summed E-state index contributed by atoms with van der Waals surface area (Å²) in [5.41, 5.74) is 3.15. The van der Waals surface area contributed by atoms with E-state index in [1.54, 1.807) is 12.5 Å². The van der Waals surface area contributed by atoms with Crippen LogP contribution in [0.3, 0.4) is 0 Å². The second kappa shape index (κ2) is 4.66. The number of carbonyl (C=O) groups is 1. The molecule has 0 aliphatic carbocycles. The van der Waals surface area contributed by atoms with E-state index >= 15 is 0 Å². The lowest BCUT2D eigenvalue weighted by Crippen LogP contribution is -1.97. The monoisotopic (exact) mass is 216 g/mol. The van der Waals surface area contributed by atoms with E-state index in [-0.39, 0.29) is 6.42 Å². The predicted molar refractivity (Wildman–Crippen MR) is 60.1 cm³/mol. The maximum absolute atomic E-state index is 10.4. The van der Waals surface area contributed by atoms with E-state index < -0.39 is 5.97 Å². The van der Waals surface area contributed by atoms with Gasteiger partial charge >= 0.3 is 5.97 Å². The topological polar surface area (TPSA) is 50.4 Å². The van der Waals surface area contributed by atoms with E-state index in [4.69, 9.17) is 9.52 Å². The fourth-order valence-electron chi connectivity index (χ4n) is 1.54. The van der Waals surface area contributed by atoms with Crippen molar-refractivity contribution < 1.29 is 14.3 Å². The Morgan fingerprint density at radius 2 is 1.88 bits per heavy atom. The smallest absolute Gasteiger partial charge is 0.303 e. The molecule has 1 N–H and O–H groups in total. The van der Waals surface area contributed by atoms with E-state index in [9.17, 15) is 4.79 Å². The van der Waals surface area contributed by atoms with Crippen molar-refractivity contribution in [2.45, 2.75) is 12.8 Å². The first kappa shape index (κ1) is 10.5. The maximum atomic E-state index is 10.4. The minimum atomic E-state index is -0.765. The lowest BCUT2D eigenvalue weighted by atomic mass is 10.0. The standard InChI is InChI=1S/C13H12O3/c14-13(15)6-3-10-1-4-11(5-2-10)12-7-8-16-9-12/h1-2,4-5,7-9H,3,6H2,(H,14,15). The zero-order chi connectivity index (χ0) is 11.4. The lowest BCUT2D eigenvalue weighted by molar-refractivity contribution is -0.136. The van der Waals surface area contributed by atoms with Crippen molar-refractivity contribution in [2.75, 3.05) is 0 Å². The maximum Gasteiger partial charge on any atom is 0.303 e. The molecule has 0 radical (unpaired) electrons. The average Bonchev–Trinajstić information content (AvgIpc) is 2.80. The van der Waals surface area contributed by atoms with Crippen LogP contribution < -0.4 is 0 Å². The molecule has 0 fully saturated rings. The summed E-state index contributed by atoms with van der Waals surface area (Å²) in [6.07, 6.45) is 4.06. The number of hydrogen-bond acceptors (Lipinski definition) is 2. The average molecular weight is 216 g/mol. The molecule has 16 heavy (non-hydrogen) atoms. The van der Waals surface area contributed by atoms with Gasteiger partial charge in [-0.3, -0.25) is 4.79 Å². The van der Waals surface area contributed by atoms with Crippen LogP contribution in [0.1, 0.15) is 12.0 Å². The summed E-state index contributed by atoms with van der Waals surface area (Å²) < 4.78 is 5.00. The molecule has 0 atom stereocenters. The van der Waals surface area contributed by atoms with Gasteiger partial charge in [0.2, 0.25) is 0 Å². The quantitative estimate of drug-likeness (QED) is 0.854. The normalized spacial score (nSPS) is 10.2. The van der Waals surface area contributed by atoms with Crippen molar-refractivity contribution in [1.29, 1.82) is 0 Å². The first-order valence-electron chi connectivity index (χ1n) is 5.09. The third-order valence-electron chi connectivity index (χ3n) is 2.44. The summed E-state index contributed by atoms with van der Waals surface area (Å²) in [6, 6.07) is 9.74. The number of furan rings is 1. The Morgan fingerprint density at radius 3 is 2.44 bits per heavy atom. The van der Waals surface area contributed by atoms with Crippen molar-refractivity contribution in [3.05, 3.63) is 48.4 Å². The molecule has 1 aromatic carbocycles. The molecule has 82 valence electrons. The number of aryl methyl sites for hydroxylation is 1. The first-order valence-corrected chi connectivity index (χ1v) is 5.09. The van der Waals surface area contributed by atoms with Gasteiger partial charge < -0.3 is 9.52 Å². The molecule has 1 aromatic heterocycles. The van der Waals surface area contributed by atoms with Crippen LogP contribution >= 0.6 is 0 Å². The summed E-state index contributed by atoms with van der Waals surface area (Å²) in [6.45, 7) is 0. The summed E-state index contributed by atoms with van der Waals surface area (Å²) in [5, 5.41) is 8.57. The van der Waals surface area contributed by atoms with Gasteiger partial charge in [-0.25, -0.2) is 0 Å². The summed E-state index contributed by atoms with van der Waals surface area (Å²) in [7, 11) is 0. The van der Waals surface area contributed by atoms with Crippen molar-refractivity contribution in [2.24, 2.45) is 0 Å². The lowest BCUT2D eigenvalue weighted by Gasteiger charge is -2.00. The van der Waals surface area contributed by atoms with Crippen LogP contribution in [-0.2, 0) is 11.2 Å². The summed E-state index contributed by atoms with van der Waals surface area (Å²) >= 11 is 0. The highest BCUT2D eigenvalue weighted by Crippen LogP contribution is 2.20. The van der Waals surface area contributed by atoms with Gasteiger partial charge in [0.25, 0.3) is 0 Å². The number of rotatable bonds is 4. The minimum absolute atomic E-state index is 0.172. The van der Waals surface area contributed by atoms with Crippen molar-refractivity contribution >= 4 is 5.97 Å². The van der Waals surface area contributed by atoms with Gasteiger partial charge in [0, 0.05) is 12.0 Å². The Labute approximate surface area is 93.3 Å². The Morgan fingerprint density at radius 1 is 1.12 bits per heavy atom. The number of aliphatic carboxylic acids is 1. The fraction of sp³-hybridized carbons (Fsp3) is 0.154. The zero-order valence-electron chi connectivity index (χ0n) is 8.72. The number of carboxylic acid groups (broad SMARTS) is 1. The molecule has 2 rings (SSSR count). The molecule has 0 bridgehead atoms. The van der Waals surface area contributed by atoms with Gasteiger partial charge in [0.05, 0.1) is 12.5 Å². The molecular weight excluding hydrogens is 204 g/mol. The molecule has 0 saturated heterocycles. The predicted octanol–water partition coefficient (Wildman–Crippen LogP) is 2.96. The highest BCUT2D eigenvalue weighted by Gasteiger charge is 2.01. The van der Waals surface area contributed by atoms with Gasteiger partial charge in [-0.05, 0) is 23.6 Å². The zero-order valence-corrected chi connectivity index (χ0v) is 8.72. The highest BCUT2D eigenvalue weighted by atomic mass is 16.4. The molecular formula is C13H12O3. The number of carboxylic acids is 1. The van der Waals surface area contributed by atoms with E-state index in [1.165, 1.54) is 0 Å². The van der Waals surface area contributed by atoms with Gasteiger partial charge in [-0.15, -0.1) is 0 Å². The molecule has 2 aromatic rings. The van der Waals surface area contributed by atoms with Crippen molar-refractivity contribution in [3.63, 3.8) is 0 Å². The Hall–Kier alpha value is -2.03. The van der Waals surface area contributed by atoms with Crippen LogP contribution in [-0.4, -0.2) is 11.1 Å². The molecule has 0 unspecified atom stereocenters. The summed E-state index contributed by atoms with van der Waals surface area (Å²) in [4.78, 5) is 10.4. The van der Waals surface area contributed by atoms with Gasteiger partial charge in [-0.1, -0.05) is 24.3 Å². The molecule has 1 heterocycles. The Balaban J connectivity index is 2.08. The molecule has 3 heteroatoms. The first-order chi connectivity index (χ1) is 7.75. The number of hydrogen-bond donors (Lipinski definition) is 1. The van der Waals surface area contributed by atoms with Gasteiger partial charge in [-0.2, -0.15) is 0 Å². The van der Waals surface area contributed by atoms with Crippen molar-refractivity contribution in [3.8, 4) is 11.1 Å². The summed E-state index contributed by atoms with van der Waals surface area (Å²) in [5.74, 6) is -0.765. The van der Waals surface area contributed by atoms with E-state index in [1.807, 2.05) is 30.3 Å². The third kappa shape index (κ3) is 2.51. The molecule has 0 saturated carbocycles. The Bertz CT molecular complexity index is 454.